The standard InChI is InChI=1S/C11H13Br2NO/c12-10-2-1-7(3-11(10)13)6-14-8-4-9(15)5-8/h1-3,8-9,14-15H,4-6H2. The molecule has 0 amide bonds. The Morgan fingerprint density at radius 3 is 2.60 bits per heavy atom. The summed E-state index contributed by atoms with van der Waals surface area (Å²) in [4.78, 5) is 0. The Morgan fingerprint density at radius 2 is 2.00 bits per heavy atom. The lowest BCUT2D eigenvalue weighted by Crippen LogP contribution is -2.43. The minimum atomic E-state index is -0.0841. The Morgan fingerprint density at radius 1 is 1.27 bits per heavy atom. The van der Waals surface area contributed by atoms with E-state index >= 15 is 0 Å². The summed E-state index contributed by atoms with van der Waals surface area (Å²) >= 11 is 6.92. The van der Waals surface area contributed by atoms with Gasteiger partial charge in [0.15, 0.2) is 0 Å². The summed E-state index contributed by atoms with van der Waals surface area (Å²) in [6.45, 7) is 0.864. The summed E-state index contributed by atoms with van der Waals surface area (Å²) in [7, 11) is 0. The van der Waals surface area contributed by atoms with E-state index in [1.165, 1.54) is 5.56 Å². The molecule has 0 saturated heterocycles. The fourth-order valence-corrected chi connectivity index (χ4v) is 2.34. The van der Waals surface area contributed by atoms with Gasteiger partial charge in [-0.05, 0) is 62.4 Å². The molecule has 15 heavy (non-hydrogen) atoms. The number of aliphatic hydroxyl groups excluding tert-OH is 1. The van der Waals surface area contributed by atoms with Gasteiger partial charge < -0.3 is 10.4 Å². The first-order chi connectivity index (χ1) is 7.15. The van der Waals surface area contributed by atoms with Crippen LogP contribution in [0.15, 0.2) is 27.1 Å². The van der Waals surface area contributed by atoms with Crippen molar-refractivity contribution in [1.29, 1.82) is 0 Å². The third kappa shape index (κ3) is 3.03. The van der Waals surface area contributed by atoms with Crippen LogP contribution in [0.3, 0.4) is 0 Å². The van der Waals surface area contributed by atoms with Crippen molar-refractivity contribution in [3.63, 3.8) is 0 Å². The first kappa shape index (κ1) is 11.6. The maximum absolute atomic E-state index is 9.14. The highest BCUT2D eigenvalue weighted by Crippen LogP contribution is 2.24. The van der Waals surface area contributed by atoms with Crippen LogP contribution in [-0.4, -0.2) is 17.3 Å². The highest BCUT2D eigenvalue weighted by Gasteiger charge is 2.26. The zero-order valence-electron chi connectivity index (χ0n) is 8.21. The van der Waals surface area contributed by atoms with Crippen LogP contribution in [0.4, 0.5) is 0 Å². The first-order valence-electron chi connectivity index (χ1n) is 5.00. The van der Waals surface area contributed by atoms with Crippen molar-refractivity contribution in [3.05, 3.63) is 32.7 Å². The van der Waals surface area contributed by atoms with Gasteiger partial charge in [-0.1, -0.05) is 6.07 Å². The van der Waals surface area contributed by atoms with Crippen molar-refractivity contribution in [2.24, 2.45) is 0 Å². The Balaban J connectivity index is 1.86. The molecule has 2 N–H and O–H groups in total. The molecular formula is C11H13Br2NO. The molecule has 82 valence electrons. The molecule has 1 aromatic carbocycles. The van der Waals surface area contributed by atoms with E-state index in [4.69, 9.17) is 5.11 Å². The van der Waals surface area contributed by atoms with Gasteiger partial charge in [0.2, 0.25) is 0 Å². The molecule has 0 unspecified atom stereocenters. The van der Waals surface area contributed by atoms with E-state index in [2.05, 4.69) is 49.3 Å². The molecule has 1 saturated carbocycles. The smallest absolute Gasteiger partial charge is 0.0570 e. The second-order valence-electron chi connectivity index (χ2n) is 3.95. The zero-order valence-corrected chi connectivity index (χ0v) is 11.4. The molecule has 0 aromatic heterocycles. The Bertz CT molecular complexity index is 350. The number of nitrogens with one attached hydrogen (secondary N) is 1. The van der Waals surface area contributed by atoms with Crippen LogP contribution < -0.4 is 5.32 Å². The van der Waals surface area contributed by atoms with E-state index < -0.39 is 0 Å². The van der Waals surface area contributed by atoms with Crippen molar-refractivity contribution in [2.45, 2.75) is 31.5 Å². The number of aliphatic hydroxyl groups is 1. The fraction of sp³-hybridized carbons (Fsp3) is 0.455. The molecule has 0 heterocycles. The molecule has 4 heteroatoms. The van der Waals surface area contributed by atoms with Gasteiger partial charge in [0, 0.05) is 21.5 Å². The topological polar surface area (TPSA) is 32.3 Å². The van der Waals surface area contributed by atoms with E-state index in [1.807, 2.05) is 6.07 Å². The predicted octanol–water partition coefficient (Wildman–Crippen LogP) is 2.82. The van der Waals surface area contributed by atoms with E-state index in [0.29, 0.717) is 6.04 Å². The molecular weight excluding hydrogens is 322 g/mol. The second-order valence-corrected chi connectivity index (χ2v) is 5.66. The van der Waals surface area contributed by atoms with E-state index in [-0.39, 0.29) is 6.10 Å². The molecule has 2 rings (SSSR count). The van der Waals surface area contributed by atoms with Crippen LogP contribution >= 0.6 is 31.9 Å². The lowest BCUT2D eigenvalue weighted by Gasteiger charge is -2.32. The molecule has 0 spiro atoms. The van der Waals surface area contributed by atoms with Gasteiger partial charge in [-0.25, -0.2) is 0 Å². The largest absolute Gasteiger partial charge is 0.393 e. The molecule has 0 atom stereocenters. The molecule has 1 fully saturated rings. The Labute approximate surface area is 106 Å². The van der Waals surface area contributed by atoms with Gasteiger partial charge in [0.1, 0.15) is 0 Å². The fourth-order valence-electron chi connectivity index (χ4n) is 1.67. The summed E-state index contributed by atoms with van der Waals surface area (Å²) in [6.07, 6.45) is 1.69. The third-order valence-corrected chi connectivity index (χ3v) is 4.57. The van der Waals surface area contributed by atoms with E-state index in [0.717, 1.165) is 28.3 Å². The summed E-state index contributed by atoms with van der Waals surface area (Å²) in [5.74, 6) is 0. The van der Waals surface area contributed by atoms with Crippen LogP contribution in [0, 0.1) is 0 Å². The van der Waals surface area contributed by atoms with Crippen molar-refractivity contribution < 1.29 is 5.11 Å². The highest BCUT2D eigenvalue weighted by atomic mass is 79.9. The van der Waals surface area contributed by atoms with Gasteiger partial charge in [-0.15, -0.1) is 0 Å². The van der Waals surface area contributed by atoms with Gasteiger partial charge >= 0.3 is 0 Å². The predicted molar refractivity (Wildman–Crippen MR) is 67.7 cm³/mol. The normalized spacial score (nSPS) is 25.0. The average molecular weight is 335 g/mol. The maximum Gasteiger partial charge on any atom is 0.0570 e. The quantitative estimate of drug-likeness (QED) is 0.890. The monoisotopic (exact) mass is 333 g/mol. The molecule has 2 nitrogen and oxygen atoms in total. The highest BCUT2D eigenvalue weighted by molar-refractivity contribution is 9.13. The second kappa shape index (κ2) is 4.95. The summed E-state index contributed by atoms with van der Waals surface area (Å²) in [6, 6.07) is 6.72. The van der Waals surface area contributed by atoms with Gasteiger partial charge in [-0.3, -0.25) is 0 Å². The van der Waals surface area contributed by atoms with E-state index in [1.54, 1.807) is 0 Å². The Hall–Kier alpha value is 0.1000. The molecule has 0 radical (unpaired) electrons. The molecule has 0 aliphatic heterocycles. The lowest BCUT2D eigenvalue weighted by molar-refractivity contribution is 0.0619. The number of rotatable bonds is 3. The van der Waals surface area contributed by atoms with Crippen LogP contribution in [0.1, 0.15) is 18.4 Å². The maximum atomic E-state index is 9.14. The van der Waals surface area contributed by atoms with Crippen molar-refractivity contribution in [2.75, 3.05) is 0 Å². The summed E-state index contributed by atoms with van der Waals surface area (Å²) in [5, 5.41) is 12.6. The van der Waals surface area contributed by atoms with Crippen LogP contribution in [-0.2, 0) is 6.54 Å². The van der Waals surface area contributed by atoms with Gasteiger partial charge in [-0.2, -0.15) is 0 Å². The number of hydrogen-bond acceptors (Lipinski definition) is 2. The van der Waals surface area contributed by atoms with Gasteiger partial charge in [0.05, 0.1) is 6.10 Å². The SMILES string of the molecule is OC1CC(NCc2ccc(Br)c(Br)c2)C1. The minimum absolute atomic E-state index is 0.0841. The molecule has 1 aromatic rings. The average Bonchev–Trinajstić information content (AvgIpc) is 2.16. The number of halogens is 2. The molecule has 0 bridgehead atoms. The number of hydrogen-bond donors (Lipinski definition) is 2. The zero-order chi connectivity index (χ0) is 10.8. The minimum Gasteiger partial charge on any atom is -0.393 e. The Kier molecular flexibility index (Phi) is 3.83. The summed E-state index contributed by atoms with van der Waals surface area (Å²) in [5.41, 5.74) is 1.26. The van der Waals surface area contributed by atoms with E-state index in [9.17, 15) is 0 Å². The summed E-state index contributed by atoms with van der Waals surface area (Å²) < 4.78 is 2.15. The van der Waals surface area contributed by atoms with Crippen molar-refractivity contribution in [1.82, 2.24) is 5.32 Å². The third-order valence-electron chi connectivity index (χ3n) is 2.69. The van der Waals surface area contributed by atoms with Gasteiger partial charge in [0.25, 0.3) is 0 Å². The van der Waals surface area contributed by atoms with Crippen molar-refractivity contribution >= 4 is 31.9 Å². The van der Waals surface area contributed by atoms with Crippen molar-refractivity contribution in [3.8, 4) is 0 Å². The van der Waals surface area contributed by atoms with Crippen LogP contribution in [0.2, 0.25) is 0 Å². The molecule has 1 aliphatic rings. The van der Waals surface area contributed by atoms with Crippen LogP contribution in [0.5, 0.6) is 0 Å². The van der Waals surface area contributed by atoms with Crippen LogP contribution in [0.25, 0.3) is 0 Å². The first-order valence-corrected chi connectivity index (χ1v) is 6.59. The lowest BCUT2D eigenvalue weighted by atomic mass is 9.89. The number of benzene rings is 1. The molecule has 1 aliphatic carbocycles.